The van der Waals surface area contributed by atoms with E-state index in [1.165, 1.54) is 12.1 Å². The molecule has 8 nitrogen and oxygen atoms in total. The minimum absolute atomic E-state index is 0.0130. The van der Waals surface area contributed by atoms with Crippen molar-refractivity contribution >= 4 is 27.1 Å². The lowest BCUT2D eigenvalue weighted by Gasteiger charge is -2.32. The van der Waals surface area contributed by atoms with Crippen LogP contribution in [0.1, 0.15) is 19.8 Å². The molecule has 132 valence electrons. The topological polar surface area (TPSA) is 110 Å². The highest BCUT2D eigenvalue weighted by molar-refractivity contribution is 7.90. The van der Waals surface area contributed by atoms with E-state index in [2.05, 4.69) is 5.32 Å². The van der Waals surface area contributed by atoms with E-state index in [1.807, 2.05) is 11.8 Å². The summed E-state index contributed by atoms with van der Waals surface area (Å²) in [6, 6.07) is 3.95. The van der Waals surface area contributed by atoms with Gasteiger partial charge >= 0.3 is 0 Å². The van der Waals surface area contributed by atoms with Crippen LogP contribution in [0.3, 0.4) is 0 Å². The van der Waals surface area contributed by atoms with Crippen LogP contribution in [0, 0.1) is 16.0 Å². The molecule has 24 heavy (non-hydrogen) atoms. The van der Waals surface area contributed by atoms with Gasteiger partial charge in [-0.25, -0.2) is 8.42 Å². The highest BCUT2D eigenvalue weighted by Gasteiger charge is 2.28. The average Bonchev–Trinajstić information content (AvgIpc) is 2.53. The summed E-state index contributed by atoms with van der Waals surface area (Å²) in [6.07, 6.45) is 2.23. The number of amides is 1. The van der Waals surface area contributed by atoms with E-state index < -0.39 is 14.8 Å². The molecular formula is C15H21N3O5S. The molecule has 0 atom stereocenters. The van der Waals surface area contributed by atoms with Crippen molar-refractivity contribution in [3.05, 3.63) is 28.3 Å². The van der Waals surface area contributed by atoms with Crippen LogP contribution in [0.5, 0.6) is 0 Å². The Balaban J connectivity index is 2.21. The number of anilines is 1. The standard InChI is InChI=1S/C15H21N3O5S/c1-3-16-15(19)11-6-8-17(9-7-11)13-5-4-12(24(2,22)23)10-14(13)18(20)21/h4-5,10-11H,3,6-9H2,1-2H3,(H,16,19). The number of carbonyl (C=O) groups is 1. The van der Waals surface area contributed by atoms with E-state index >= 15 is 0 Å². The zero-order chi connectivity index (χ0) is 17.9. The lowest BCUT2D eigenvalue weighted by Crippen LogP contribution is -2.40. The average molecular weight is 355 g/mol. The minimum atomic E-state index is -3.51. The van der Waals surface area contributed by atoms with Gasteiger partial charge in [-0.3, -0.25) is 14.9 Å². The van der Waals surface area contributed by atoms with Crippen molar-refractivity contribution in [2.24, 2.45) is 5.92 Å². The lowest BCUT2D eigenvalue weighted by molar-refractivity contribution is -0.384. The quantitative estimate of drug-likeness (QED) is 0.631. The number of rotatable bonds is 5. The molecule has 0 saturated carbocycles. The van der Waals surface area contributed by atoms with Gasteiger partial charge in [-0.05, 0) is 31.9 Å². The van der Waals surface area contributed by atoms with Gasteiger partial charge in [0.1, 0.15) is 5.69 Å². The maximum atomic E-state index is 11.9. The first-order valence-electron chi connectivity index (χ1n) is 7.75. The Bertz CT molecular complexity index is 739. The van der Waals surface area contributed by atoms with Gasteiger partial charge < -0.3 is 10.2 Å². The summed E-state index contributed by atoms with van der Waals surface area (Å²) < 4.78 is 23.2. The van der Waals surface area contributed by atoms with Crippen molar-refractivity contribution in [3.63, 3.8) is 0 Å². The van der Waals surface area contributed by atoms with E-state index in [-0.39, 0.29) is 22.4 Å². The zero-order valence-corrected chi connectivity index (χ0v) is 14.5. The number of piperidine rings is 1. The first-order chi connectivity index (χ1) is 11.2. The summed E-state index contributed by atoms with van der Waals surface area (Å²) in [5, 5.41) is 14.1. The van der Waals surface area contributed by atoms with Crippen molar-refractivity contribution in [1.29, 1.82) is 0 Å². The fraction of sp³-hybridized carbons (Fsp3) is 0.533. The molecule has 0 aliphatic carbocycles. The van der Waals surface area contributed by atoms with E-state index in [1.54, 1.807) is 0 Å². The van der Waals surface area contributed by atoms with Crippen molar-refractivity contribution in [2.75, 3.05) is 30.8 Å². The first-order valence-corrected chi connectivity index (χ1v) is 9.64. The predicted molar refractivity (Wildman–Crippen MR) is 89.8 cm³/mol. The van der Waals surface area contributed by atoms with Crippen LogP contribution >= 0.6 is 0 Å². The maximum Gasteiger partial charge on any atom is 0.293 e. The third-order valence-electron chi connectivity index (χ3n) is 4.13. The lowest BCUT2D eigenvalue weighted by atomic mass is 9.95. The summed E-state index contributed by atoms with van der Waals surface area (Å²) in [5.74, 6) is -0.0744. The molecule has 1 saturated heterocycles. The van der Waals surface area contributed by atoms with E-state index in [4.69, 9.17) is 0 Å². The fourth-order valence-corrected chi connectivity index (χ4v) is 3.49. The molecule has 0 unspecified atom stereocenters. The van der Waals surface area contributed by atoms with Crippen molar-refractivity contribution in [2.45, 2.75) is 24.7 Å². The van der Waals surface area contributed by atoms with Gasteiger partial charge in [-0.15, -0.1) is 0 Å². The molecule has 0 radical (unpaired) electrons. The molecule has 0 spiro atoms. The smallest absolute Gasteiger partial charge is 0.293 e. The number of hydrogen-bond acceptors (Lipinski definition) is 6. The zero-order valence-electron chi connectivity index (χ0n) is 13.7. The van der Waals surface area contributed by atoms with Crippen LogP contribution in [0.15, 0.2) is 23.1 Å². The number of benzene rings is 1. The second-order valence-corrected chi connectivity index (χ2v) is 7.85. The molecule has 1 aromatic carbocycles. The summed E-state index contributed by atoms with van der Waals surface area (Å²) in [4.78, 5) is 24.4. The van der Waals surface area contributed by atoms with E-state index in [0.29, 0.717) is 38.2 Å². The number of nitro benzene ring substituents is 1. The van der Waals surface area contributed by atoms with Gasteiger partial charge in [-0.1, -0.05) is 0 Å². The second-order valence-electron chi connectivity index (χ2n) is 5.84. The molecule has 0 bridgehead atoms. The molecule has 1 fully saturated rings. The third kappa shape index (κ3) is 4.02. The Labute approximate surface area is 140 Å². The normalized spacial score (nSPS) is 16.0. The molecular weight excluding hydrogens is 334 g/mol. The molecule has 1 amide bonds. The van der Waals surface area contributed by atoms with Gasteiger partial charge in [-0.2, -0.15) is 0 Å². The largest absolute Gasteiger partial charge is 0.366 e. The van der Waals surface area contributed by atoms with Gasteiger partial charge in [0.15, 0.2) is 9.84 Å². The molecule has 0 aromatic heterocycles. The number of nitro groups is 1. The summed E-state index contributed by atoms with van der Waals surface area (Å²) >= 11 is 0. The molecule has 1 N–H and O–H groups in total. The molecule has 1 heterocycles. The van der Waals surface area contributed by atoms with Gasteiger partial charge in [0.25, 0.3) is 5.69 Å². The Morgan fingerprint density at radius 2 is 2.00 bits per heavy atom. The van der Waals surface area contributed by atoms with Gasteiger partial charge in [0.05, 0.1) is 9.82 Å². The first kappa shape index (κ1) is 18.2. The van der Waals surface area contributed by atoms with Crippen LogP contribution in [0.4, 0.5) is 11.4 Å². The van der Waals surface area contributed by atoms with Crippen molar-refractivity contribution in [3.8, 4) is 0 Å². The van der Waals surface area contributed by atoms with Crippen LogP contribution in [0.2, 0.25) is 0 Å². The minimum Gasteiger partial charge on any atom is -0.366 e. The summed E-state index contributed by atoms with van der Waals surface area (Å²) in [7, 11) is -3.51. The molecule has 9 heteroatoms. The van der Waals surface area contributed by atoms with Gasteiger partial charge in [0.2, 0.25) is 5.91 Å². The van der Waals surface area contributed by atoms with E-state index in [9.17, 15) is 23.3 Å². The summed E-state index contributed by atoms with van der Waals surface area (Å²) in [6.45, 7) is 3.47. The Hall–Kier alpha value is -2.16. The number of carbonyl (C=O) groups excluding carboxylic acids is 1. The van der Waals surface area contributed by atoms with Crippen molar-refractivity contribution in [1.82, 2.24) is 5.32 Å². The molecule has 1 aromatic rings. The Kier molecular flexibility index (Phi) is 5.43. The van der Waals surface area contributed by atoms with E-state index in [0.717, 1.165) is 12.3 Å². The number of sulfone groups is 1. The number of nitrogens with one attached hydrogen (secondary N) is 1. The maximum absolute atomic E-state index is 11.9. The summed E-state index contributed by atoms with van der Waals surface area (Å²) in [5.41, 5.74) is 0.163. The molecule has 1 aliphatic rings. The van der Waals surface area contributed by atoms with Crippen molar-refractivity contribution < 1.29 is 18.1 Å². The van der Waals surface area contributed by atoms with Crippen LogP contribution in [-0.2, 0) is 14.6 Å². The van der Waals surface area contributed by atoms with Gasteiger partial charge in [0, 0.05) is 37.9 Å². The van der Waals surface area contributed by atoms with Crippen LogP contribution in [0.25, 0.3) is 0 Å². The van der Waals surface area contributed by atoms with Crippen LogP contribution in [-0.4, -0.2) is 45.1 Å². The Morgan fingerprint density at radius 3 is 2.50 bits per heavy atom. The highest BCUT2D eigenvalue weighted by atomic mass is 32.2. The SMILES string of the molecule is CCNC(=O)C1CCN(c2ccc(S(C)(=O)=O)cc2[N+](=O)[O-])CC1. The fourth-order valence-electron chi connectivity index (χ4n) is 2.85. The second kappa shape index (κ2) is 7.16. The number of nitrogens with zero attached hydrogens (tertiary/aromatic N) is 2. The monoisotopic (exact) mass is 355 g/mol. The third-order valence-corrected chi connectivity index (χ3v) is 5.24. The molecule has 2 rings (SSSR count). The Morgan fingerprint density at radius 1 is 1.38 bits per heavy atom. The molecule has 1 aliphatic heterocycles. The number of hydrogen-bond donors (Lipinski definition) is 1. The highest BCUT2D eigenvalue weighted by Crippen LogP contribution is 2.33. The van der Waals surface area contributed by atoms with Crippen LogP contribution < -0.4 is 10.2 Å². The predicted octanol–water partition coefficient (Wildman–Crippen LogP) is 1.35.